The second-order valence-corrected chi connectivity index (χ2v) is 2.19. The summed E-state index contributed by atoms with van der Waals surface area (Å²) in [5, 5.41) is 31.8. The van der Waals surface area contributed by atoms with Crippen molar-refractivity contribution < 1.29 is 25.5 Å². The lowest BCUT2D eigenvalue weighted by atomic mass is 10.2. The standard InChI is InChI=1S/C5H9NO3.H2O2/c7-3-1-4(5(8)9)6-2-3;1-2/h3-4,6-7H,1-2H2,(H,8,9);1-2H/t3-,4+;/m1./s1. The SMILES string of the molecule is O=C(O)[C@@H]1C[C@@H](O)CN1.OO. The zero-order chi connectivity index (χ0) is 8.85. The van der Waals surface area contributed by atoms with Crippen molar-refractivity contribution in [3.63, 3.8) is 0 Å². The maximum Gasteiger partial charge on any atom is 0.320 e. The minimum atomic E-state index is -0.883. The monoisotopic (exact) mass is 165 g/mol. The van der Waals surface area contributed by atoms with Gasteiger partial charge in [-0.25, -0.2) is 0 Å². The maximum atomic E-state index is 10.2. The fourth-order valence-corrected chi connectivity index (χ4v) is 0.905. The number of aliphatic carboxylic acids is 1. The number of β-amino-alcohol motifs (C(OH)–C–C–N with tert-alkyl or cyclic N) is 1. The largest absolute Gasteiger partial charge is 0.480 e. The van der Waals surface area contributed by atoms with Gasteiger partial charge in [-0.3, -0.25) is 15.3 Å². The molecule has 1 fully saturated rings. The molecule has 66 valence electrons. The van der Waals surface area contributed by atoms with Crippen LogP contribution in [-0.2, 0) is 4.79 Å². The fraction of sp³-hybridized carbons (Fsp3) is 0.800. The van der Waals surface area contributed by atoms with Crippen molar-refractivity contribution in [2.45, 2.75) is 18.6 Å². The van der Waals surface area contributed by atoms with E-state index in [1.807, 2.05) is 0 Å². The molecule has 5 N–H and O–H groups in total. The topological polar surface area (TPSA) is 110 Å². The lowest BCUT2D eigenvalue weighted by molar-refractivity contribution is -0.176. The highest BCUT2D eigenvalue weighted by molar-refractivity contribution is 5.73. The van der Waals surface area contributed by atoms with Crippen LogP contribution in [0.15, 0.2) is 0 Å². The van der Waals surface area contributed by atoms with Gasteiger partial charge in [0.15, 0.2) is 0 Å². The zero-order valence-electron chi connectivity index (χ0n) is 5.77. The van der Waals surface area contributed by atoms with Gasteiger partial charge in [-0.15, -0.1) is 0 Å². The van der Waals surface area contributed by atoms with E-state index in [-0.39, 0.29) is 0 Å². The smallest absolute Gasteiger partial charge is 0.320 e. The molecule has 0 aromatic heterocycles. The molecule has 0 amide bonds. The number of nitrogens with one attached hydrogen (secondary N) is 1. The Morgan fingerprint density at radius 2 is 2.00 bits per heavy atom. The Morgan fingerprint density at radius 3 is 2.18 bits per heavy atom. The molecule has 0 bridgehead atoms. The van der Waals surface area contributed by atoms with Crippen LogP contribution in [0.4, 0.5) is 0 Å². The number of rotatable bonds is 1. The molecule has 2 atom stereocenters. The Bertz CT molecular complexity index is 128. The summed E-state index contributed by atoms with van der Waals surface area (Å²) in [6, 6.07) is -0.542. The molecular formula is C5H11NO5. The van der Waals surface area contributed by atoms with Gasteiger partial charge >= 0.3 is 5.97 Å². The van der Waals surface area contributed by atoms with Gasteiger partial charge < -0.3 is 15.5 Å². The van der Waals surface area contributed by atoms with E-state index in [1.165, 1.54) is 0 Å². The molecule has 1 heterocycles. The van der Waals surface area contributed by atoms with E-state index in [0.29, 0.717) is 13.0 Å². The van der Waals surface area contributed by atoms with E-state index in [1.54, 1.807) is 0 Å². The predicted molar refractivity (Wildman–Crippen MR) is 35.3 cm³/mol. The third kappa shape index (κ3) is 3.28. The van der Waals surface area contributed by atoms with E-state index in [9.17, 15) is 4.79 Å². The van der Waals surface area contributed by atoms with Gasteiger partial charge in [0.2, 0.25) is 0 Å². The predicted octanol–water partition coefficient (Wildman–Crippen LogP) is -1.19. The molecule has 6 heteroatoms. The van der Waals surface area contributed by atoms with E-state index in [2.05, 4.69) is 5.32 Å². The third-order valence-corrected chi connectivity index (χ3v) is 1.41. The van der Waals surface area contributed by atoms with Crippen LogP contribution in [0.1, 0.15) is 6.42 Å². The van der Waals surface area contributed by atoms with Gasteiger partial charge in [0.05, 0.1) is 6.10 Å². The number of carbonyl (C=O) groups is 1. The fourth-order valence-electron chi connectivity index (χ4n) is 0.905. The number of hydrogen-bond donors (Lipinski definition) is 5. The van der Waals surface area contributed by atoms with Gasteiger partial charge in [-0.1, -0.05) is 0 Å². The number of hydrogen-bond acceptors (Lipinski definition) is 5. The summed E-state index contributed by atoms with van der Waals surface area (Å²) in [7, 11) is 0. The minimum Gasteiger partial charge on any atom is -0.480 e. The summed E-state index contributed by atoms with van der Waals surface area (Å²) in [6.45, 7) is 0.400. The molecule has 0 aliphatic carbocycles. The summed E-state index contributed by atoms with van der Waals surface area (Å²) < 4.78 is 0. The lowest BCUT2D eigenvalue weighted by Crippen LogP contribution is -2.29. The van der Waals surface area contributed by atoms with Crippen LogP contribution in [-0.4, -0.2) is 45.4 Å². The molecule has 0 unspecified atom stereocenters. The van der Waals surface area contributed by atoms with Crippen molar-refractivity contribution in [3.05, 3.63) is 0 Å². The van der Waals surface area contributed by atoms with Crippen LogP contribution < -0.4 is 5.32 Å². The highest BCUT2D eigenvalue weighted by Crippen LogP contribution is 2.05. The summed E-state index contributed by atoms with van der Waals surface area (Å²) >= 11 is 0. The van der Waals surface area contributed by atoms with E-state index in [0.717, 1.165) is 0 Å². The Balaban J connectivity index is 0.000000461. The highest BCUT2D eigenvalue weighted by Gasteiger charge is 2.27. The number of carboxylic acid groups (broad SMARTS) is 1. The van der Waals surface area contributed by atoms with Crippen molar-refractivity contribution in [3.8, 4) is 0 Å². The molecule has 0 saturated carbocycles. The summed E-state index contributed by atoms with van der Waals surface area (Å²) in [6.07, 6.45) is -0.152. The number of aliphatic hydroxyl groups excluding tert-OH is 1. The lowest BCUT2D eigenvalue weighted by Gasteiger charge is -1.99. The Hall–Kier alpha value is -0.690. The van der Waals surface area contributed by atoms with Crippen LogP contribution >= 0.6 is 0 Å². The van der Waals surface area contributed by atoms with Crippen molar-refractivity contribution in [2.75, 3.05) is 6.54 Å². The Labute approximate surface area is 63.0 Å². The van der Waals surface area contributed by atoms with Crippen molar-refractivity contribution in [1.82, 2.24) is 5.32 Å². The first-order valence-corrected chi connectivity index (χ1v) is 3.04. The number of carboxylic acids is 1. The van der Waals surface area contributed by atoms with Crippen LogP contribution in [0.2, 0.25) is 0 Å². The molecule has 1 aliphatic heterocycles. The summed E-state index contributed by atoms with van der Waals surface area (Å²) in [4.78, 5) is 10.2. The summed E-state index contributed by atoms with van der Waals surface area (Å²) in [5.74, 6) is -0.883. The number of aliphatic hydroxyl groups is 1. The molecule has 6 nitrogen and oxygen atoms in total. The second-order valence-electron chi connectivity index (χ2n) is 2.19. The first-order chi connectivity index (χ1) is 5.20. The minimum absolute atomic E-state index is 0.329. The molecule has 11 heavy (non-hydrogen) atoms. The van der Waals surface area contributed by atoms with Gasteiger partial charge in [-0.2, -0.15) is 0 Å². The van der Waals surface area contributed by atoms with E-state index >= 15 is 0 Å². The van der Waals surface area contributed by atoms with E-state index in [4.69, 9.17) is 20.7 Å². The second kappa shape index (κ2) is 5.03. The van der Waals surface area contributed by atoms with Crippen LogP contribution in [0.25, 0.3) is 0 Å². The van der Waals surface area contributed by atoms with Gasteiger partial charge in [0, 0.05) is 13.0 Å². The molecule has 0 radical (unpaired) electrons. The summed E-state index contributed by atoms with van der Waals surface area (Å²) in [5.41, 5.74) is 0. The van der Waals surface area contributed by atoms with Gasteiger partial charge in [0.1, 0.15) is 6.04 Å². The zero-order valence-corrected chi connectivity index (χ0v) is 5.77. The molecular weight excluding hydrogens is 154 g/mol. The van der Waals surface area contributed by atoms with Crippen molar-refractivity contribution in [1.29, 1.82) is 0 Å². The van der Waals surface area contributed by atoms with Crippen LogP contribution in [0, 0.1) is 0 Å². The maximum absolute atomic E-state index is 10.2. The van der Waals surface area contributed by atoms with Gasteiger partial charge in [0.25, 0.3) is 0 Å². The first-order valence-electron chi connectivity index (χ1n) is 3.04. The molecule has 0 spiro atoms. The molecule has 1 saturated heterocycles. The molecule has 0 aromatic carbocycles. The van der Waals surface area contributed by atoms with Crippen LogP contribution in [0.3, 0.4) is 0 Å². The molecule has 1 aliphatic rings. The molecule has 1 rings (SSSR count). The average Bonchev–Trinajstić information content (AvgIpc) is 2.40. The highest BCUT2D eigenvalue weighted by atomic mass is 17.0. The normalized spacial score (nSPS) is 29.0. The third-order valence-electron chi connectivity index (χ3n) is 1.41. The van der Waals surface area contributed by atoms with Crippen molar-refractivity contribution in [2.24, 2.45) is 0 Å². The Kier molecular flexibility index (Phi) is 4.71. The van der Waals surface area contributed by atoms with E-state index < -0.39 is 18.1 Å². The first kappa shape index (κ1) is 10.3. The van der Waals surface area contributed by atoms with Gasteiger partial charge in [-0.05, 0) is 0 Å². The molecule has 0 aromatic rings. The van der Waals surface area contributed by atoms with Crippen LogP contribution in [0.5, 0.6) is 0 Å². The van der Waals surface area contributed by atoms with Crippen molar-refractivity contribution >= 4 is 5.97 Å². The Morgan fingerprint density at radius 1 is 1.45 bits per heavy atom. The quantitative estimate of drug-likeness (QED) is 0.247. The average molecular weight is 165 g/mol.